The first-order chi connectivity index (χ1) is 9.27. The lowest BCUT2D eigenvalue weighted by atomic mass is 10.2. The smallest absolute Gasteiger partial charge is 0.224 e. The minimum absolute atomic E-state index is 0.0949. The second-order valence-electron chi connectivity index (χ2n) is 4.80. The molecule has 110 valence electrons. The van der Waals surface area contributed by atoms with Gasteiger partial charge in [0.2, 0.25) is 15.9 Å². The summed E-state index contributed by atoms with van der Waals surface area (Å²) >= 11 is 5.61. The van der Waals surface area contributed by atoms with Crippen LogP contribution in [0.3, 0.4) is 0 Å². The van der Waals surface area contributed by atoms with E-state index in [1.54, 1.807) is 7.05 Å². The van der Waals surface area contributed by atoms with Gasteiger partial charge in [0.05, 0.1) is 10.8 Å². The maximum atomic E-state index is 13.0. The summed E-state index contributed by atoms with van der Waals surface area (Å²) < 4.78 is 39.5. The van der Waals surface area contributed by atoms with E-state index in [0.717, 1.165) is 6.07 Å². The number of carbonyl (C=O) groups excluding carboxylic acids is 1. The number of likely N-dealkylation sites (tertiary alicyclic amines) is 1. The Hall–Kier alpha value is -1.18. The van der Waals surface area contributed by atoms with E-state index in [2.05, 4.69) is 4.72 Å². The molecule has 0 aliphatic carbocycles. The van der Waals surface area contributed by atoms with Gasteiger partial charge in [0.15, 0.2) is 0 Å². The summed E-state index contributed by atoms with van der Waals surface area (Å²) in [6.45, 7) is 0.349. The molecule has 0 bridgehead atoms. The van der Waals surface area contributed by atoms with E-state index in [-0.39, 0.29) is 23.1 Å². The molecule has 20 heavy (non-hydrogen) atoms. The molecule has 0 unspecified atom stereocenters. The van der Waals surface area contributed by atoms with E-state index < -0.39 is 21.9 Å². The van der Waals surface area contributed by atoms with Crippen molar-refractivity contribution in [1.82, 2.24) is 9.62 Å². The van der Waals surface area contributed by atoms with Gasteiger partial charge in [-0.1, -0.05) is 17.7 Å². The monoisotopic (exact) mass is 320 g/mol. The van der Waals surface area contributed by atoms with Crippen LogP contribution >= 0.6 is 11.6 Å². The van der Waals surface area contributed by atoms with Gasteiger partial charge in [-0.3, -0.25) is 4.79 Å². The third-order valence-corrected chi connectivity index (χ3v) is 4.72. The summed E-state index contributed by atoms with van der Waals surface area (Å²) in [7, 11) is -1.98. The summed E-state index contributed by atoms with van der Waals surface area (Å²) in [5.74, 6) is -0.993. The van der Waals surface area contributed by atoms with E-state index in [1.165, 1.54) is 17.0 Å². The van der Waals surface area contributed by atoms with Crippen LogP contribution in [0.5, 0.6) is 0 Å². The highest BCUT2D eigenvalue weighted by Gasteiger charge is 2.29. The molecule has 0 radical (unpaired) electrons. The van der Waals surface area contributed by atoms with Gasteiger partial charge in [-0.05, 0) is 17.7 Å². The zero-order valence-corrected chi connectivity index (χ0v) is 12.3. The maximum absolute atomic E-state index is 13.0. The van der Waals surface area contributed by atoms with Crippen molar-refractivity contribution in [3.05, 3.63) is 34.6 Å². The van der Waals surface area contributed by atoms with E-state index in [4.69, 9.17) is 11.6 Å². The Morgan fingerprint density at radius 2 is 2.20 bits per heavy atom. The third-order valence-electron chi connectivity index (χ3n) is 3.03. The number of likely N-dealkylation sites (N-methyl/N-ethyl adjacent to an activating group) is 1. The highest BCUT2D eigenvalue weighted by atomic mass is 35.5. The Morgan fingerprint density at radius 3 is 2.75 bits per heavy atom. The minimum Gasteiger partial charge on any atom is -0.344 e. The molecule has 1 saturated heterocycles. The largest absolute Gasteiger partial charge is 0.344 e. The summed E-state index contributed by atoms with van der Waals surface area (Å²) in [4.78, 5) is 12.8. The van der Waals surface area contributed by atoms with Crippen LogP contribution in [0.2, 0.25) is 5.02 Å². The van der Waals surface area contributed by atoms with E-state index in [1.807, 2.05) is 0 Å². The van der Waals surface area contributed by atoms with Gasteiger partial charge in [0.25, 0.3) is 0 Å². The summed E-state index contributed by atoms with van der Waals surface area (Å²) in [5, 5.41) is -0.117. The topological polar surface area (TPSA) is 66.5 Å². The molecule has 1 aromatic rings. The zero-order chi connectivity index (χ0) is 14.9. The Balaban J connectivity index is 2.04. The van der Waals surface area contributed by atoms with Crippen molar-refractivity contribution in [2.75, 3.05) is 13.6 Å². The minimum atomic E-state index is -3.60. The number of nitrogens with zero attached hydrogens (tertiary/aromatic N) is 1. The van der Waals surface area contributed by atoms with Crippen molar-refractivity contribution in [2.24, 2.45) is 0 Å². The Morgan fingerprint density at radius 1 is 1.50 bits per heavy atom. The van der Waals surface area contributed by atoms with Gasteiger partial charge < -0.3 is 4.90 Å². The summed E-state index contributed by atoms with van der Waals surface area (Å²) in [5.41, 5.74) is 0.390. The molecule has 8 heteroatoms. The first-order valence-electron chi connectivity index (χ1n) is 5.95. The van der Waals surface area contributed by atoms with Crippen molar-refractivity contribution >= 4 is 27.5 Å². The highest BCUT2D eigenvalue weighted by Crippen LogP contribution is 2.18. The first kappa shape index (κ1) is 15.2. The fraction of sp³-hybridized carbons (Fsp3) is 0.417. The SMILES string of the molecule is CN1C[C@H](NS(=O)(=O)Cc2ccc(F)c(Cl)c2)CC1=O. The lowest BCUT2D eigenvalue weighted by molar-refractivity contribution is -0.126. The van der Waals surface area contributed by atoms with Gasteiger partial charge >= 0.3 is 0 Å². The predicted molar refractivity (Wildman–Crippen MR) is 73.2 cm³/mol. The number of carbonyl (C=O) groups is 1. The third kappa shape index (κ3) is 3.68. The molecular formula is C12H14ClFN2O3S. The second-order valence-corrected chi connectivity index (χ2v) is 6.96. The fourth-order valence-electron chi connectivity index (χ4n) is 2.09. The van der Waals surface area contributed by atoms with Crippen LogP contribution in [-0.2, 0) is 20.6 Å². The van der Waals surface area contributed by atoms with Crippen molar-refractivity contribution in [3.8, 4) is 0 Å². The van der Waals surface area contributed by atoms with E-state index >= 15 is 0 Å². The van der Waals surface area contributed by atoms with Crippen LogP contribution in [-0.4, -0.2) is 38.9 Å². The standard InChI is InChI=1S/C12H14ClFN2O3S/c1-16-6-9(5-12(16)17)15-20(18,19)7-8-2-3-11(14)10(13)4-8/h2-4,9,15H,5-7H2,1H3/t9-/m1/s1. The molecule has 0 spiro atoms. The van der Waals surface area contributed by atoms with Gasteiger partial charge in [-0.2, -0.15) is 0 Å². The molecular weight excluding hydrogens is 307 g/mol. The predicted octanol–water partition coefficient (Wildman–Crippen LogP) is 1.13. The molecule has 1 heterocycles. The van der Waals surface area contributed by atoms with E-state index in [9.17, 15) is 17.6 Å². The average molecular weight is 321 g/mol. The van der Waals surface area contributed by atoms with Crippen LogP contribution in [0.15, 0.2) is 18.2 Å². The summed E-state index contributed by atoms with van der Waals surface area (Å²) in [6.07, 6.45) is 0.153. The number of benzene rings is 1. The van der Waals surface area contributed by atoms with Crippen LogP contribution < -0.4 is 4.72 Å². The molecule has 1 aliphatic rings. The Labute approximate surface area is 121 Å². The van der Waals surface area contributed by atoms with Crippen molar-refractivity contribution < 1.29 is 17.6 Å². The molecule has 0 saturated carbocycles. The lowest BCUT2D eigenvalue weighted by Gasteiger charge is -2.13. The van der Waals surface area contributed by atoms with Gasteiger partial charge in [-0.15, -0.1) is 0 Å². The molecule has 1 N–H and O–H groups in total. The number of amides is 1. The maximum Gasteiger partial charge on any atom is 0.224 e. The molecule has 1 aliphatic heterocycles. The number of rotatable bonds is 4. The van der Waals surface area contributed by atoms with Gasteiger partial charge in [0, 0.05) is 26.1 Å². The quantitative estimate of drug-likeness (QED) is 0.904. The molecule has 1 atom stereocenters. The number of hydrogen-bond donors (Lipinski definition) is 1. The normalized spacial score (nSPS) is 19.6. The van der Waals surface area contributed by atoms with Crippen molar-refractivity contribution in [1.29, 1.82) is 0 Å². The molecule has 2 rings (SSSR count). The van der Waals surface area contributed by atoms with Gasteiger partial charge in [0.1, 0.15) is 5.82 Å². The van der Waals surface area contributed by atoms with Crippen LogP contribution in [0, 0.1) is 5.82 Å². The Bertz CT molecular complexity index is 636. The van der Waals surface area contributed by atoms with Crippen LogP contribution in [0.25, 0.3) is 0 Å². The van der Waals surface area contributed by atoms with Gasteiger partial charge in [-0.25, -0.2) is 17.5 Å². The lowest BCUT2D eigenvalue weighted by Crippen LogP contribution is -2.37. The number of hydrogen-bond acceptors (Lipinski definition) is 3. The number of nitrogens with one attached hydrogen (secondary N) is 1. The zero-order valence-electron chi connectivity index (χ0n) is 10.8. The number of sulfonamides is 1. The molecule has 1 fully saturated rings. The molecule has 0 aromatic heterocycles. The van der Waals surface area contributed by atoms with E-state index in [0.29, 0.717) is 12.1 Å². The highest BCUT2D eigenvalue weighted by molar-refractivity contribution is 7.88. The molecule has 1 aromatic carbocycles. The fourth-order valence-corrected chi connectivity index (χ4v) is 3.66. The van der Waals surface area contributed by atoms with Crippen molar-refractivity contribution in [3.63, 3.8) is 0 Å². The van der Waals surface area contributed by atoms with Crippen molar-refractivity contribution in [2.45, 2.75) is 18.2 Å². The van der Waals surface area contributed by atoms with Crippen LogP contribution in [0.4, 0.5) is 4.39 Å². The second kappa shape index (κ2) is 5.67. The molecule has 5 nitrogen and oxygen atoms in total. The average Bonchev–Trinajstić information content (AvgIpc) is 2.61. The number of halogens is 2. The first-order valence-corrected chi connectivity index (χ1v) is 7.98. The van der Waals surface area contributed by atoms with Crippen LogP contribution in [0.1, 0.15) is 12.0 Å². The Kier molecular flexibility index (Phi) is 4.31. The molecule has 1 amide bonds. The summed E-state index contributed by atoms with van der Waals surface area (Å²) in [6, 6.07) is 3.35.